The van der Waals surface area contributed by atoms with E-state index in [1.165, 1.54) is 4.57 Å². The van der Waals surface area contributed by atoms with Crippen molar-refractivity contribution in [2.75, 3.05) is 69.4 Å². The van der Waals surface area contributed by atoms with Crippen molar-refractivity contribution in [3.05, 3.63) is 36.2 Å². The molecule has 3 aliphatic heterocycles. The number of hydrogen-bond acceptors (Lipinski definition) is 8. The van der Waals surface area contributed by atoms with E-state index in [2.05, 4.69) is 20.2 Å². The lowest BCUT2D eigenvalue weighted by molar-refractivity contribution is -0.137. The number of likely N-dealkylation sites (tertiary alicyclic amines) is 1. The first-order valence-corrected chi connectivity index (χ1v) is 13.6. The molecule has 3 fully saturated rings. The molecular weight excluding hydrogens is 508 g/mol. The smallest absolute Gasteiger partial charge is 0.296 e. The van der Waals surface area contributed by atoms with Crippen LogP contribution in [-0.4, -0.2) is 89.5 Å². The van der Waals surface area contributed by atoms with Gasteiger partial charge in [0.15, 0.2) is 5.82 Å². The quantitative estimate of drug-likeness (QED) is 0.487. The van der Waals surface area contributed by atoms with Gasteiger partial charge < -0.3 is 24.6 Å². The zero-order valence-electron chi connectivity index (χ0n) is 21.8. The fraction of sp³-hybridized carbons (Fsp3) is 0.556. The summed E-state index contributed by atoms with van der Waals surface area (Å²) >= 11 is 0. The highest BCUT2D eigenvalue weighted by Crippen LogP contribution is 2.30. The molecule has 0 spiro atoms. The highest BCUT2D eigenvalue weighted by Gasteiger charge is 2.32. The highest BCUT2D eigenvalue weighted by atomic mass is 19.3. The van der Waals surface area contributed by atoms with Crippen LogP contribution in [0, 0.1) is 11.8 Å². The number of nitrogens with one attached hydrogen (secondary N) is 1. The van der Waals surface area contributed by atoms with Gasteiger partial charge in [0.25, 0.3) is 6.43 Å². The maximum absolute atomic E-state index is 14.1. The SMILES string of the molecule is O=C(C1CCOCC1)N1CC[C@H](CNc2nc(N3CCOCC3)cc(-n3c(C(F)F)nc4ccccc43)n2)C1. The molecule has 0 radical (unpaired) electrons. The number of fused-ring (bicyclic) bond motifs is 1. The first-order chi connectivity index (χ1) is 19.1. The molecule has 3 aliphatic rings. The van der Waals surface area contributed by atoms with Crippen molar-refractivity contribution in [1.29, 1.82) is 0 Å². The van der Waals surface area contributed by atoms with E-state index in [9.17, 15) is 13.6 Å². The third-order valence-corrected chi connectivity index (χ3v) is 7.76. The Morgan fingerprint density at radius 3 is 2.51 bits per heavy atom. The molecule has 3 aromatic rings. The molecule has 0 aliphatic carbocycles. The number of anilines is 2. The van der Waals surface area contributed by atoms with Crippen molar-refractivity contribution >= 4 is 28.7 Å². The molecule has 1 N–H and O–H groups in total. The molecule has 0 saturated carbocycles. The van der Waals surface area contributed by atoms with Gasteiger partial charge in [0.05, 0.1) is 24.2 Å². The zero-order chi connectivity index (χ0) is 26.8. The lowest BCUT2D eigenvalue weighted by Crippen LogP contribution is -2.37. The van der Waals surface area contributed by atoms with Gasteiger partial charge in [-0.1, -0.05) is 12.1 Å². The molecule has 2 aromatic heterocycles. The first-order valence-electron chi connectivity index (χ1n) is 13.6. The average molecular weight is 542 g/mol. The minimum absolute atomic E-state index is 0.0515. The van der Waals surface area contributed by atoms with Gasteiger partial charge in [-0.05, 0) is 37.3 Å². The van der Waals surface area contributed by atoms with Gasteiger partial charge in [0.2, 0.25) is 11.9 Å². The molecule has 12 heteroatoms. The first kappa shape index (κ1) is 25.9. The zero-order valence-corrected chi connectivity index (χ0v) is 21.8. The third-order valence-electron chi connectivity index (χ3n) is 7.76. The number of nitrogens with zero attached hydrogens (tertiary/aromatic N) is 6. The topological polar surface area (TPSA) is 97.6 Å². The molecular formula is C27H33F2N7O3. The molecule has 0 bridgehead atoms. The Morgan fingerprint density at radius 2 is 1.72 bits per heavy atom. The fourth-order valence-electron chi connectivity index (χ4n) is 5.64. The summed E-state index contributed by atoms with van der Waals surface area (Å²) in [6.45, 7) is 5.72. The van der Waals surface area contributed by atoms with Crippen LogP contribution < -0.4 is 10.2 Å². The third kappa shape index (κ3) is 5.53. The minimum Gasteiger partial charge on any atom is -0.381 e. The number of amides is 1. The van der Waals surface area contributed by atoms with Crippen molar-refractivity contribution < 1.29 is 23.0 Å². The van der Waals surface area contributed by atoms with Crippen LogP contribution in [0.25, 0.3) is 16.9 Å². The molecule has 39 heavy (non-hydrogen) atoms. The van der Waals surface area contributed by atoms with Crippen molar-refractivity contribution in [3.63, 3.8) is 0 Å². The predicted octanol–water partition coefficient (Wildman–Crippen LogP) is 3.28. The van der Waals surface area contributed by atoms with E-state index in [1.54, 1.807) is 30.3 Å². The summed E-state index contributed by atoms with van der Waals surface area (Å²) < 4.78 is 40.5. The second-order valence-corrected chi connectivity index (χ2v) is 10.3. The summed E-state index contributed by atoms with van der Waals surface area (Å²) in [5.41, 5.74) is 1.04. The number of morpholine rings is 1. The van der Waals surface area contributed by atoms with Crippen LogP contribution in [0.4, 0.5) is 20.5 Å². The summed E-state index contributed by atoms with van der Waals surface area (Å²) in [5.74, 6) is 1.51. The van der Waals surface area contributed by atoms with E-state index in [1.807, 2.05) is 4.90 Å². The largest absolute Gasteiger partial charge is 0.381 e. The predicted molar refractivity (Wildman–Crippen MR) is 141 cm³/mol. The number of alkyl halides is 2. The monoisotopic (exact) mass is 541 g/mol. The fourth-order valence-corrected chi connectivity index (χ4v) is 5.64. The Kier molecular flexibility index (Phi) is 7.55. The summed E-state index contributed by atoms with van der Waals surface area (Å²) in [7, 11) is 0. The summed E-state index contributed by atoms with van der Waals surface area (Å²) in [6, 6.07) is 8.79. The highest BCUT2D eigenvalue weighted by molar-refractivity contribution is 5.79. The molecule has 1 aromatic carbocycles. The summed E-state index contributed by atoms with van der Waals surface area (Å²) in [4.78, 5) is 30.6. The molecule has 10 nitrogen and oxygen atoms in total. The van der Waals surface area contributed by atoms with E-state index in [4.69, 9.17) is 14.5 Å². The van der Waals surface area contributed by atoms with Gasteiger partial charge in [-0.3, -0.25) is 9.36 Å². The number of ether oxygens (including phenoxy) is 2. The van der Waals surface area contributed by atoms with Gasteiger partial charge in [-0.15, -0.1) is 0 Å². The van der Waals surface area contributed by atoms with Crippen LogP contribution in [-0.2, 0) is 14.3 Å². The molecule has 5 heterocycles. The van der Waals surface area contributed by atoms with Crippen LogP contribution in [0.2, 0.25) is 0 Å². The van der Waals surface area contributed by atoms with Crippen molar-refractivity contribution in [2.24, 2.45) is 11.8 Å². The standard InChI is InChI=1S/C27H33F2N7O3/c28-24(29)25-31-20-3-1-2-4-21(20)36(25)23-15-22(34-9-13-39-14-10-34)32-27(33-23)30-16-18-5-8-35(17-18)26(37)19-6-11-38-12-7-19/h1-4,15,18-19,24H,5-14,16-17H2,(H,30,32,33)/t18-/m1/s1. The Balaban J connectivity index is 1.24. The maximum atomic E-state index is 14.1. The van der Waals surface area contributed by atoms with Crippen LogP contribution in [0.1, 0.15) is 31.5 Å². The number of carbonyl (C=O) groups excluding carboxylic acids is 1. The van der Waals surface area contributed by atoms with E-state index < -0.39 is 6.43 Å². The lowest BCUT2D eigenvalue weighted by atomic mass is 9.99. The summed E-state index contributed by atoms with van der Waals surface area (Å²) in [5, 5.41) is 3.34. The van der Waals surface area contributed by atoms with Gasteiger partial charge in [-0.25, -0.2) is 13.8 Å². The van der Waals surface area contributed by atoms with Crippen molar-refractivity contribution in [3.8, 4) is 5.82 Å². The number of aromatic nitrogens is 4. The number of hydrogen-bond donors (Lipinski definition) is 1. The Hall–Kier alpha value is -3.38. The molecule has 208 valence electrons. The molecule has 1 atom stereocenters. The van der Waals surface area contributed by atoms with Gasteiger partial charge in [0.1, 0.15) is 11.6 Å². The Labute approximate surface area is 225 Å². The van der Waals surface area contributed by atoms with Gasteiger partial charge in [-0.2, -0.15) is 9.97 Å². The molecule has 1 amide bonds. The van der Waals surface area contributed by atoms with Crippen molar-refractivity contribution in [1.82, 2.24) is 24.4 Å². The van der Waals surface area contributed by atoms with Crippen molar-refractivity contribution in [2.45, 2.75) is 25.7 Å². The van der Waals surface area contributed by atoms with E-state index in [-0.39, 0.29) is 23.6 Å². The number of para-hydroxylation sites is 2. The number of benzene rings is 1. The normalized spacial score (nSPS) is 20.7. The number of carbonyl (C=O) groups is 1. The molecule has 3 saturated heterocycles. The Bertz CT molecular complexity index is 1310. The van der Waals surface area contributed by atoms with Crippen LogP contribution >= 0.6 is 0 Å². The maximum Gasteiger partial charge on any atom is 0.296 e. The van der Waals surface area contributed by atoms with Gasteiger partial charge >= 0.3 is 0 Å². The molecule has 0 unspecified atom stereocenters. The molecule has 6 rings (SSSR count). The lowest BCUT2D eigenvalue weighted by Gasteiger charge is -2.28. The second-order valence-electron chi connectivity index (χ2n) is 10.3. The number of rotatable bonds is 7. The van der Waals surface area contributed by atoms with Crippen LogP contribution in [0.15, 0.2) is 30.3 Å². The average Bonchev–Trinajstić information content (AvgIpc) is 3.62. The van der Waals surface area contributed by atoms with Crippen LogP contribution in [0.5, 0.6) is 0 Å². The second kappa shape index (κ2) is 11.4. The van der Waals surface area contributed by atoms with E-state index in [0.29, 0.717) is 81.2 Å². The number of halogens is 2. The number of imidazole rings is 1. The van der Waals surface area contributed by atoms with E-state index >= 15 is 0 Å². The van der Waals surface area contributed by atoms with Crippen LogP contribution in [0.3, 0.4) is 0 Å². The van der Waals surface area contributed by atoms with E-state index in [0.717, 1.165) is 25.8 Å². The van der Waals surface area contributed by atoms with Gasteiger partial charge in [0, 0.05) is 57.9 Å². The Morgan fingerprint density at radius 1 is 0.974 bits per heavy atom. The minimum atomic E-state index is -2.77. The summed E-state index contributed by atoms with van der Waals surface area (Å²) in [6.07, 6.45) is -0.313.